The third kappa shape index (κ3) is 3.06. The fraction of sp³-hybridized carbons (Fsp3) is 0.294. The molecule has 20 heavy (non-hydrogen) atoms. The van der Waals surface area contributed by atoms with Gasteiger partial charge in [-0.25, -0.2) is 4.39 Å². The highest BCUT2D eigenvalue weighted by Crippen LogP contribution is 2.28. The maximum atomic E-state index is 13.4. The van der Waals surface area contributed by atoms with Crippen LogP contribution in [0.2, 0.25) is 0 Å². The lowest BCUT2D eigenvalue weighted by Gasteiger charge is -2.30. The number of aliphatic hydroxyl groups is 2. The highest BCUT2D eigenvalue weighted by Gasteiger charge is 2.31. The van der Waals surface area contributed by atoms with Crippen LogP contribution < -0.4 is 0 Å². The quantitative estimate of drug-likeness (QED) is 0.880. The third-order valence-corrected chi connectivity index (χ3v) is 3.71. The maximum absolute atomic E-state index is 13.4. The van der Waals surface area contributed by atoms with Gasteiger partial charge in [-0.3, -0.25) is 0 Å². The molecular weight excluding hydrogens is 255 g/mol. The van der Waals surface area contributed by atoms with Gasteiger partial charge in [-0.05, 0) is 36.6 Å². The van der Waals surface area contributed by atoms with E-state index in [1.807, 2.05) is 31.2 Å². The van der Waals surface area contributed by atoms with Gasteiger partial charge in [0.25, 0.3) is 0 Å². The number of hydrogen-bond donors (Lipinski definition) is 2. The van der Waals surface area contributed by atoms with E-state index in [1.54, 1.807) is 12.1 Å². The van der Waals surface area contributed by atoms with Crippen LogP contribution in [0.4, 0.5) is 4.39 Å². The first-order valence-corrected chi connectivity index (χ1v) is 6.63. The molecule has 2 N–H and O–H groups in total. The van der Waals surface area contributed by atoms with Crippen molar-refractivity contribution in [3.05, 3.63) is 71.0 Å². The van der Waals surface area contributed by atoms with Gasteiger partial charge in [-0.2, -0.15) is 0 Å². The average molecular weight is 274 g/mol. The van der Waals surface area contributed by atoms with Gasteiger partial charge in [0, 0.05) is 5.41 Å². The molecule has 0 atom stereocenters. The summed E-state index contributed by atoms with van der Waals surface area (Å²) in [4.78, 5) is 0. The standard InChI is InChI=1S/C17H19FO2/c1-13-5-7-14(8-6-13)10-17(11-19,12-20)15-3-2-4-16(18)9-15/h2-9,19-20H,10-12H2,1H3. The zero-order valence-corrected chi connectivity index (χ0v) is 11.5. The lowest BCUT2D eigenvalue weighted by Crippen LogP contribution is -2.37. The summed E-state index contributed by atoms with van der Waals surface area (Å²) in [6.07, 6.45) is 0.462. The van der Waals surface area contributed by atoms with Crippen LogP contribution in [0.3, 0.4) is 0 Å². The minimum Gasteiger partial charge on any atom is -0.395 e. The van der Waals surface area contributed by atoms with Crippen LogP contribution in [0.25, 0.3) is 0 Å². The number of aliphatic hydroxyl groups excluding tert-OH is 2. The van der Waals surface area contributed by atoms with E-state index in [1.165, 1.54) is 12.1 Å². The molecule has 0 aliphatic heterocycles. The van der Waals surface area contributed by atoms with E-state index in [0.29, 0.717) is 12.0 Å². The van der Waals surface area contributed by atoms with E-state index >= 15 is 0 Å². The summed E-state index contributed by atoms with van der Waals surface area (Å²) in [6, 6.07) is 14.0. The van der Waals surface area contributed by atoms with Crippen molar-refractivity contribution in [2.24, 2.45) is 0 Å². The SMILES string of the molecule is Cc1ccc(CC(CO)(CO)c2cccc(F)c2)cc1. The van der Waals surface area contributed by atoms with E-state index in [0.717, 1.165) is 11.1 Å². The number of rotatable bonds is 5. The fourth-order valence-corrected chi connectivity index (χ4v) is 2.36. The monoisotopic (exact) mass is 274 g/mol. The molecule has 0 bridgehead atoms. The van der Waals surface area contributed by atoms with Crippen molar-refractivity contribution >= 4 is 0 Å². The predicted molar refractivity (Wildman–Crippen MR) is 77.1 cm³/mol. The Morgan fingerprint density at radius 2 is 1.65 bits per heavy atom. The van der Waals surface area contributed by atoms with Crippen LogP contribution in [0, 0.1) is 12.7 Å². The van der Waals surface area contributed by atoms with Crippen molar-refractivity contribution in [1.29, 1.82) is 0 Å². The van der Waals surface area contributed by atoms with Gasteiger partial charge in [0.1, 0.15) is 5.82 Å². The van der Waals surface area contributed by atoms with Crippen LogP contribution in [-0.2, 0) is 11.8 Å². The Kier molecular flexibility index (Phi) is 4.53. The van der Waals surface area contributed by atoms with Crippen LogP contribution in [-0.4, -0.2) is 23.4 Å². The van der Waals surface area contributed by atoms with Crippen molar-refractivity contribution in [3.63, 3.8) is 0 Å². The van der Waals surface area contributed by atoms with Gasteiger partial charge in [0.15, 0.2) is 0 Å². The van der Waals surface area contributed by atoms with Crippen molar-refractivity contribution in [2.75, 3.05) is 13.2 Å². The van der Waals surface area contributed by atoms with Gasteiger partial charge >= 0.3 is 0 Å². The lowest BCUT2D eigenvalue weighted by atomic mass is 9.76. The van der Waals surface area contributed by atoms with Gasteiger partial charge in [-0.1, -0.05) is 42.0 Å². The number of aryl methyl sites for hydroxylation is 1. The summed E-state index contributed by atoms with van der Waals surface area (Å²) in [5, 5.41) is 19.5. The van der Waals surface area contributed by atoms with Crippen molar-refractivity contribution < 1.29 is 14.6 Å². The summed E-state index contributed by atoms with van der Waals surface area (Å²) in [5.74, 6) is -0.363. The molecule has 0 unspecified atom stereocenters. The normalized spacial score (nSPS) is 11.6. The van der Waals surface area contributed by atoms with Crippen molar-refractivity contribution in [1.82, 2.24) is 0 Å². The van der Waals surface area contributed by atoms with E-state index in [4.69, 9.17) is 0 Å². The first-order chi connectivity index (χ1) is 9.59. The number of halogens is 1. The molecule has 0 spiro atoms. The second-order valence-electron chi connectivity index (χ2n) is 5.27. The van der Waals surface area contributed by atoms with E-state index in [-0.39, 0.29) is 19.0 Å². The summed E-state index contributed by atoms with van der Waals surface area (Å²) in [5.41, 5.74) is 1.90. The van der Waals surface area contributed by atoms with E-state index < -0.39 is 5.41 Å². The minimum atomic E-state index is -0.864. The molecule has 0 heterocycles. The molecule has 2 rings (SSSR count). The molecule has 0 saturated carbocycles. The molecule has 0 radical (unpaired) electrons. The molecule has 0 saturated heterocycles. The highest BCUT2D eigenvalue weighted by molar-refractivity contribution is 5.31. The van der Waals surface area contributed by atoms with E-state index in [2.05, 4.69) is 0 Å². The van der Waals surface area contributed by atoms with Crippen LogP contribution in [0.1, 0.15) is 16.7 Å². The molecule has 0 aliphatic rings. The topological polar surface area (TPSA) is 40.5 Å². The predicted octanol–water partition coefficient (Wildman–Crippen LogP) is 2.60. The second-order valence-corrected chi connectivity index (χ2v) is 5.27. The maximum Gasteiger partial charge on any atom is 0.123 e. The largest absolute Gasteiger partial charge is 0.395 e. The smallest absolute Gasteiger partial charge is 0.123 e. The van der Waals surface area contributed by atoms with Crippen molar-refractivity contribution in [3.8, 4) is 0 Å². The zero-order chi connectivity index (χ0) is 14.6. The zero-order valence-electron chi connectivity index (χ0n) is 11.5. The third-order valence-electron chi connectivity index (χ3n) is 3.71. The Morgan fingerprint density at radius 1 is 1.00 bits per heavy atom. The highest BCUT2D eigenvalue weighted by atomic mass is 19.1. The molecule has 106 valence electrons. The average Bonchev–Trinajstić information content (AvgIpc) is 2.47. The Bertz CT molecular complexity index is 559. The first kappa shape index (κ1) is 14.7. The minimum absolute atomic E-state index is 0.235. The summed E-state index contributed by atoms with van der Waals surface area (Å²) >= 11 is 0. The summed E-state index contributed by atoms with van der Waals surface area (Å²) in [6.45, 7) is 1.53. The van der Waals surface area contributed by atoms with Crippen LogP contribution >= 0.6 is 0 Å². The Balaban J connectivity index is 2.36. The second kappa shape index (κ2) is 6.16. The van der Waals surface area contributed by atoms with Gasteiger partial charge < -0.3 is 10.2 Å². The molecule has 2 nitrogen and oxygen atoms in total. The lowest BCUT2D eigenvalue weighted by molar-refractivity contribution is 0.116. The summed E-state index contributed by atoms with van der Waals surface area (Å²) in [7, 11) is 0. The van der Waals surface area contributed by atoms with Crippen molar-refractivity contribution in [2.45, 2.75) is 18.8 Å². The molecule has 0 amide bonds. The number of benzene rings is 2. The van der Waals surface area contributed by atoms with Crippen LogP contribution in [0.15, 0.2) is 48.5 Å². The van der Waals surface area contributed by atoms with Gasteiger partial charge in [-0.15, -0.1) is 0 Å². The molecule has 2 aromatic rings. The number of hydrogen-bond acceptors (Lipinski definition) is 2. The Labute approximate surface area is 118 Å². The molecular formula is C17H19FO2. The summed E-state index contributed by atoms with van der Waals surface area (Å²) < 4.78 is 13.4. The Hall–Kier alpha value is -1.71. The molecule has 0 aliphatic carbocycles. The van der Waals surface area contributed by atoms with Crippen LogP contribution in [0.5, 0.6) is 0 Å². The molecule has 0 fully saturated rings. The molecule has 3 heteroatoms. The Morgan fingerprint density at radius 3 is 2.20 bits per heavy atom. The van der Waals surface area contributed by atoms with E-state index in [9.17, 15) is 14.6 Å². The molecule has 0 aromatic heterocycles. The first-order valence-electron chi connectivity index (χ1n) is 6.63. The fourth-order valence-electron chi connectivity index (χ4n) is 2.36. The molecule has 2 aromatic carbocycles. The van der Waals surface area contributed by atoms with Gasteiger partial charge in [0.05, 0.1) is 13.2 Å². The van der Waals surface area contributed by atoms with Gasteiger partial charge in [0.2, 0.25) is 0 Å².